The van der Waals surface area contributed by atoms with Crippen molar-refractivity contribution in [2.24, 2.45) is 0 Å². The van der Waals surface area contributed by atoms with Gasteiger partial charge in [-0.1, -0.05) is 36.4 Å². The minimum absolute atomic E-state index is 0.0918. The van der Waals surface area contributed by atoms with Crippen LogP contribution in [0.1, 0.15) is 28.8 Å². The first-order chi connectivity index (χ1) is 15.7. The van der Waals surface area contributed by atoms with E-state index in [0.29, 0.717) is 36.4 Å². The topological polar surface area (TPSA) is 82.5 Å². The molecule has 160 valence electrons. The number of carbonyl (C=O) groups excluding carboxylic acids is 1. The molecule has 0 saturated heterocycles. The Labute approximate surface area is 184 Å². The summed E-state index contributed by atoms with van der Waals surface area (Å²) in [5.41, 5.74) is 7.17. The molecule has 1 aliphatic heterocycles. The first-order valence-corrected chi connectivity index (χ1v) is 11.0. The Hall–Kier alpha value is -3.87. The van der Waals surface area contributed by atoms with E-state index in [-0.39, 0.29) is 11.6 Å². The third kappa shape index (κ3) is 3.17. The van der Waals surface area contributed by atoms with E-state index in [1.54, 1.807) is 4.90 Å². The predicted octanol–water partition coefficient (Wildman–Crippen LogP) is 3.77. The minimum Gasteiger partial charge on any atom is -0.318 e. The lowest BCUT2D eigenvalue weighted by Crippen LogP contribution is -2.41. The van der Waals surface area contributed by atoms with Gasteiger partial charge in [0.15, 0.2) is 5.65 Å². The van der Waals surface area contributed by atoms with Gasteiger partial charge in [-0.2, -0.15) is 0 Å². The number of amides is 2. The molecule has 32 heavy (non-hydrogen) atoms. The van der Waals surface area contributed by atoms with E-state index in [1.165, 1.54) is 22.1 Å². The van der Waals surface area contributed by atoms with Crippen LogP contribution in [-0.2, 0) is 25.8 Å². The Morgan fingerprint density at radius 2 is 1.84 bits per heavy atom. The maximum atomic E-state index is 13.1. The van der Waals surface area contributed by atoms with E-state index in [9.17, 15) is 9.59 Å². The van der Waals surface area contributed by atoms with Crippen LogP contribution in [0.5, 0.6) is 0 Å². The van der Waals surface area contributed by atoms with Crippen molar-refractivity contribution in [3.63, 3.8) is 0 Å². The lowest BCUT2D eigenvalue weighted by molar-refractivity contribution is 0.205. The van der Waals surface area contributed by atoms with Crippen LogP contribution < -0.4 is 10.9 Å². The van der Waals surface area contributed by atoms with Crippen molar-refractivity contribution >= 4 is 17.4 Å². The van der Waals surface area contributed by atoms with Gasteiger partial charge in [0, 0.05) is 23.9 Å². The Morgan fingerprint density at radius 1 is 1.00 bits per heavy atom. The largest absolute Gasteiger partial charge is 0.322 e. The molecule has 3 heterocycles. The first kappa shape index (κ1) is 18.9. The summed E-state index contributed by atoms with van der Waals surface area (Å²) >= 11 is 0. The summed E-state index contributed by atoms with van der Waals surface area (Å²) in [4.78, 5) is 32.4. The molecular weight excluding hydrogens is 402 g/mol. The van der Waals surface area contributed by atoms with Gasteiger partial charge in [0.25, 0.3) is 5.56 Å². The van der Waals surface area contributed by atoms with E-state index in [4.69, 9.17) is 4.98 Å². The Kier molecular flexibility index (Phi) is 4.35. The van der Waals surface area contributed by atoms with Crippen molar-refractivity contribution in [3.8, 4) is 11.3 Å². The molecule has 0 radical (unpaired) electrons. The zero-order chi connectivity index (χ0) is 21.7. The Balaban J connectivity index is 1.26. The number of nitrogens with zero attached hydrogens (tertiary/aromatic N) is 3. The van der Waals surface area contributed by atoms with E-state index < -0.39 is 0 Å². The summed E-state index contributed by atoms with van der Waals surface area (Å²) < 4.78 is 1.50. The van der Waals surface area contributed by atoms with Crippen molar-refractivity contribution < 1.29 is 4.79 Å². The van der Waals surface area contributed by atoms with Crippen LogP contribution in [0, 0.1) is 0 Å². The van der Waals surface area contributed by atoms with E-state index in [2.05, 4.69) is 22.5 Å². The monoisotopic (exact) mass is 425 g/mol. The summed E-state index contributed by atoms with van der Waals surface area (Å²) in [6, 6.07) is 17.7. The van der Waals surface area contributed by atoms with E-state index in [0.717, 1.165) is 29.8 Å². The Morgan fingerprint density at radius 3 is 2.72 bits per heavy atom. The highest BCUT2D eigenvalue weighted by Gasteiger charge is 2.26. The first-order valence-electron chi connectivity index (χ1n) is 11.0. The van der Waals surface area contributed by atoms with E-state index in [1.807, 2.05) is 42.5 Å². The number of H-pyrrole nitrogens is 1. The van der Waals surface area contributed by atoms with Crippen molar-refractivity contribution in [1.29, 1.82) is 0 Å². The van der Waals surface area contributed by atoms with Gasteiger partial charge in [0.2, 0.25) is 0 Å². The molecule has 2 aromatic heterocycles. The molecule has 2 amide bonds. The minimum atomic E-state index is -0.158. The molecule has 7 heteroatoms. The fourth-order valence-corrected chi connectivity index (χ4v) is 4.78. The second kappa shape index (κ2) is 7.37. The smallest absolute Gasteiger partial charge is 0.318 e. The van der Waals surface area contributed by atoms with Gasteiger partial charge in [-0.25, -0.2) is 14.3 Å². The van der Waals surface area contributed by atoms with Crippen molar-refractivity contribution in [1.82, 2.24) is 19.5 Å². The number of hydrogen-bond donors (Lipinski definition) is 2. The van der Waals surface area contributed by atoms with Crippen molar-refractivity contribution in [3.05, 3.63) is 87.3 Å². The highest BCUT2D eigenvalue weighted by molar-refractivity contribution is 5.89. The van der Waals surface area contributed by atoms with Crippen LogP contribution in [-0.4, -0.2) is 32.1 Å². The molecule has 0 atom stereocenters. The molecule has 0 bridgehead atoms. The number of urea groups is 1. The normalized spacial score (nSPS) is 14.9. The number of benzene rings is 2. The molecule has 2 aliphatic rings. The summed E-state index contributed by atoms with van der Waals surface area (Å²) in [5.74, 6) is 0. The number of nitrogens with one attached hydrogen (secondary N) is 2. The number of fused-ring (bicyclic) bond motifs is 3. The fourth-order valence-electron chi connectivity index (χ4n) is 4.78. The molecule has 0 unspecified atom stereocenters. The highest BCUT2D eigenvalue weighted by atomic mass is 16.2. The average molecular weight is 425 g/mol. The quantitative estimate of drug-likeness (QED) is 0.513. The summed E-state index contributed by atoms with van der Waals surface area (Å²) in [5, 5.41) is 6.19. The number of carbonyl (C=O) groups is 1. The third-order valence-corrected chi connectivity index (χ3v) is 6.49. The molecule has 0 saturated carbocycles. The summed E-state index contributed by atoms with van der Waals surface area (Å²) in [6.07, 6.45) is 3.85. The molecule has 0 spiro atoms. The number of rotatable bonds is 2. The average Bonchev–Trinajstić information content (AvgIpc) is 3.46. The number of aryl methyl sites for hydroxylation is 2. The van der Waals surface area contributed by atoms with Gasteiger partial charge in [-0.3, -0.25) is 9.89 Å². The van der Waals surface area contributed by atoms with Gasteiger partial charge in [-0.05, 0) is 54.5 Å². The Bertz CT molecular complexity index is 1400. The molecule has 1 aliphatic carbocycles. The predicted molar refractivity (Wildman–Crippen MR) is 123 cm³/mol. The van der Waals surface area contributed by atoms with Crippen LogP contribution in [0.25, 0.3) is 16.9 Å². The van der Waals surface area contributed by atoms with Crippen LogP contribution in [0.2, 0.25) is 0 Å². The van der Waals surface area contributed by atoms with Gasteiger partial charge < -0.3 is 10.2 Å². The second-order valence-electron chi connectivity index (χ2n) is 8.51. The van der Waals surface area contributed by atoms with E-state index >= 15 is 0 Å². The van der Waals surface area contributed by atoms with Crippen molar-refractivity contribution in [2.75, 3.05) is 11.9 Å². The van der Waals surface area contributed by atoms with Gasteiger partial charge in [0.05, 0.1) is 17.9 Å². The zero-order valence-electron chi connectivity index (χ0n) is 17.6. The summed E-state index contributed by atoms with van der Waals surface area (Å²) in [6.45, 7) is 0.808. The maximum Gasteiger partial charge on any atom is 0.322 e. The van der Waals surface area contributed by atoms with Gasteiger partial charge >= 0.3 is 6.03 Å². The van der Waals surface area contributed by atoms with Gasteiger partial charge in [-0.15, -0.1) is 0 Å². The number of hydrogen-bond acceptors (Lipinski definition) is 3. The molecule has 6 rings (SSSR count). The molecule has 4 aromatic rings. The highest BCUT2D eigenvalue weighted by Crippen LogP contribution is 2.26. The zero-order valence-corrected chi connectivity index (χ0v) is 17.6. The SMILES string of the molecule is O=C(Nc1ccc2c(c1)CCC2)N1CCc2c(nc3cc(-c4ccccc4)[nH]n3c2=O)C1. The van der Waals surface area contributed by atoms with Crippen molar-refractivity contribution in [2.45, 2.75) is 32.2 Å². The van der Waals surface area contributed by atoms with Crippen LogP contribution in [0.3, 0.4) is 0 Å². The molecule has 2 N–H and O–H groups in total. The fraction of sp³-hybridized carbons (Fsp3) is 0.240. The number of aromatic nitrogens is 3. The molecule has 7 nitrogen and oxygen atoms in total. The lowest BCUT2D eigenvalue weighted by atomic mass is 10.1. The molecule has 0 fully saturated rings. The maximum absolute atomic E-state index is 13.1. The van der Waals surface area contributed by atoms with Crippen LogP contribution >= 0.6 is 0 Å². The number of aromatic amines is 1. The standard InChI is InChI=1S/C25H23N5O2/c31-24-20-11-12-29(25(32)26-19-10-9-16-7-4-8-18(16)13-19)15-22(20)27-23-14-21(28-30(23)24)17-5-2-1-3-6-17/h1-3,5-6,9-10,13-14,28H,4,7-8,11-12,15H2,(H,26,32). The van der Waals surface area contributed by atoms with Gasteiger partial charge in [0.1, 0.15) is 0 Å². The van der Waals surface area contributed by atoms with Crippen LogP contribution in [0.15, 0.2) is 59.4 Å². The molecular formula is C25H23N5O2. The second-order valence-corrected chi connectivity index (χ2v) is 8.51. The third-order valence-electron chi connectivity index (χ3n) is 6.49. The summed E-state index contributed by atoms with van der Waals surface area (Å²) in [7, 11) is 0. The number of anilines is 1. The van der Waals surface area contributed by atoms with Crippen LogP contribution in [0.4, 0.5) is 10.5 Å². The molecule has 2 aromatic carbocycles. The lowest BCUT2D eigenvalue weighted by Gasteiger charge is -2.27.